The van der Waals surface area contributed by atoms with Gasteiger partial charge in [-0.3, -0.25) is 9.36 Å². The molecule has 0 amide bonds. The number of thiazole rings is 1. The molecular formula is C17H15Cl2N4OS+. The second-order valence-electron chi connectivity index (χ2n) is 5.60. The summed E-state index contributed by atoms with van der Waals surface area (Å²) < 4.78 is 2.30. The number of hydrogen-bond acceptors (Lipinski definition) is 4. The molecule has 1 aromatic heterocycles. The summed E-state index contributed by atoms with van der Waals surface area (Å²) >= 11 is 13.0. The Hall–Kier alpha value is -2.09. The molecule has 0 aliphatic carbocycles. The molecule has 2 aromatic rings. The number of halogens is 2. The minimum Gasteiger partial charge on any atom is -0.338 e. The molecule has 25 heavy (non-hydrogen) atoms. The molecule has 8 heteroatoms. The highest BCUT2D eigenvalue weighted by atomic mass is 35.5. The summed E-state index contributed by atoms with van der Waals surface area (Å²) in [5.74, 6) is 0. The van der Waals surface area contributed by atoms with Gasteiger partial charge in [-0.15, -0.1) is 11.3 Å². The number of nitriles is 2. The molecular weight excluding hydrogens is 379 g/mol. The first-order chi connectivity index (χ1) is 11.9. The van der Waals surface area contributed by atoms with E-state index in [1.807, 2.05) is 26.2 Å². The normalized spacial score (nSPS) is 11.4. The van der Waals surface area contributed by atoms with Crippen molar-refractivity contribution in [2.24, 2.45) is 0 Å². The van der Waals surface area contributed by atoms with Crippen molar-refractivity contribution < 1.29 is 4.90 Å². The number of rotatable bonds is 4. The first-order valence-corrected chi connectivity index (χ1v) is 8.94. The van der Waals surface area contributed by atoms with Gasteiger partial charge in [-0.2, -0.15) is 10.5 Å². The van der Waals surface area contributed by atoms with E-state index in [1.165, 1.54) is 4.57 Å². The maximum atomic E-state index is 12.7. The van der Waals surface area contributed by atoms with Crippen molar-refractivity contribution in [2.45, 2.75) is 6.54 Å². The van der Waals surface area contributed by atoms with Crippen LogP contribution in [0.25, 0.3) is 11.6 Å². The first kappa shape index (κ1) is 19.2. The molecule has 0 bridgehead atoms. The standard InChI is InChI=1S/C17H14Cl2N4OS/c1-22(2)5-6-23-16(24)15(25-17(23)12(9-20)10-21)8-11-3-4-13(18)14(19)7-11/h3-4,7-8H,5-6H2,1-2H3/p+1/b15-8+. The largest absolute Gasteiger partial charge is 0.338 e. The lowest BCUT2D eigenvalue weighted by atomic mass is 10.2. The summed E-state index contributed by atoms with van der Waals surface area (Å²) in [5, 5.41) is 19.2. The fraction of sp³-hybridized carbons (Fsp3) is 0.235. The Morgan fingerprint density at radius 2 is 1.96 bits per heavy atom. The van der Waals surface area contributed by atoms with Crippen LogP contribution < -0.4 is 19.7 Å². The molecule has 0 fully saturated rings. The van der Waals surface area contributed by atoms with Crippen molar-refractivity contribution >= 4 is 46.2 Å². The lowest BCUT2D eigenvalue weighted by molar-refractivity contribution is -0.858. The zero-order chi connectivity index (χ0) is 18.6. The van der Waals surface area contributed by atoms with E-state index in [0.717, 1.165) is 21.8 Å². The minimum atomic E-state index is -0.227. The predicted molar refractivity (Wildman–Crippen MR) is 100 cm³/mol. The molecule has 1 aromatic carbocycles. The van der Waals surface area contributed by atoms with Gasteiger partial charge in [0.15, 0.2) is 5.57 Å². The number of quaternary nitrogens is 1. The summed E-state index contributed by atoms with van der Waals surface area (Å²) in [6.07, 6.45) is 1.68. The van der Waals surface area contributed by atoms with Crippen LogP contribution in [0.5, 0.6) is 0 Å². The van der Waals surface area contributed by atoms with Crippen LogP contribution in [-0.2, 0) is 6.54 Å². The lowest BCUT2D eigenvalue weighted by Crippen LogP contribution is -3.06. The van der Waals surface area contributed by atoms with E-state index in [2.05, 4.69) is 0 Å². The first-order valence-electron chi connectivity index (χ1n) is 7.37. The van der Waals surface area contributed by atoms with Crippen molar-refractivity contribution in [2.75, 3.05) is 20.6 Å². The number of aromatic nitrogens is 1. The van der Waals surface area contributed by atoms with Gasteiger partial charge < -0.3 is 4.90 Å². The second kappa shape index (κ2) is 8.33. The lowest BCUT2D eigenvalue weighted by Gasteiger charge is -2.07. The van der Waals surface area contributed by atoms with E-state index >= 15 is 0 Å². The molecule has 0 aliphatic heterocycles. The second-order valence-corrected chi connectivity index (χ2v) is 7.45. The van der Waals surface area contributed by atoms with Crippen molar-refractivity contribution in [3.05, 3.63) is 53.4 Å². The topological polar surface area (TPSA) is 74.0 Å². The van der Waals surface area contributed by atoms with Gasteiger partial charge in [0.05, 0.1) is 41.8 Å². The van der Waals surface area contributed by atoms with E-state index < -0.39 is 0 Å². The Morgan fingerprint density at radius 1 is 1.28 bits per heavy atom. The maximum absolute atomic E-state index is 12.7. The van der Waals surface area contributed by atoms with Crippen molar-refractivity contribution in [3.63, 3.8) is 0 Å². The summed E-state index contributed by atoms with van der Waals surface area (Å²) in [7, 11) is 3.94. The Balaban J connectivity index is 2.71. The fourth-order valence-electron chi connectivity index (χ4n) is 2.12. The van der Waals surface area contributed by atoms with E-state index in [4.69, 9.17) is 23.2 Å². The van der Waals surface area contributed by atoms with Crippen LogP contribution in [0.1, 0.15) is 5.56 Å². The van der Waals surface area contributed by atoms with Gasteiger partial charge in [0, 0.05) is 0 Å². The van der Waals surface area contributed by atoms with Crippen LogP contribution in [-0.4, -0.2) is 25.2 Å². The number of benzene rings is 1. The average Bonchev–Trinajstić information content (AvgIpc) is 2.86. The van der Waals surface area contributed by atoms with E-state index in [0.29, 0.717) is 32.3 Å². The van der Waals surface area contributed by atoms with E-state index in [1.54, 1.807) is 24.3 Å². The van der Waals surface area contributed by atoms with Crippen molar-refractivity contribution in [3.8, 4) is 12.1 Å². The molecule has 2 rings (SSSR count). The monoisotopic (exact) mass is 393 g/mol. The van der Waals surface area contributed by atoms with Gasteiger partial charge in [0.25, 0.3) is 5.56 Å². The molecule has 0 unspecified atom stereocenters. The van der Waals surface area contributed by atoms with Gasteiger partial charge in [0.1, 0.15) is 16.8 Å². The minimum absolute atomic E-state index is 0.0651. The van der Waals surface area contributed by atoms with Crippen molar-refractivity contribution in [1.82, 2.24) is 4.57 Å². The molecule has 0 saturated heterocycles. The fourth-order valence-corrected chi connectivity index (χ4v) is 3.50. The quantitative estimate of drug-likeness (QED) is 0.816. The zero-order valence-corrected chi connectivity index (χ0v) is 16.0. The third-order valence-electron chi connectivity index (χ3n) is 3.42. The van der Waals surface area contributed by atoms with Crippen LogP contribution in [0.3, 0.4) is 0 Å². The summed E-state index contributed by atoms with van der Waals surface area (Å²) in [6, 6.07) is 8.79. The molecule has 0 spiro atoms. The summed E-state index contributed by atoms with van der Waals surface area (Å²) in [5.41, 5.74) is 0.431. The zero-order valence-electron chi connectivity index (χ0n) is 13.6. The number of likely N-dealkylation sites (N-methyl/N-ethyl adjacent to an activating group) is 1. The molecule has 0 atom stereocenters. The van der Waals surface area contributed by atoms with Crippen LogP contribution >= 0.6 is 34.5 Å². The van der Waals surface area contributed by atoms with Crippen LogP contribution in [0, 0.1) is 22.7 Å². The Kier molecular flexibility index (Phi) is 6.41. The predicted octanol–water partition coefficient (Wildman–Crippen LogP) is 0.388. The molecule has 0 radical (unpaired) electrons. The molecule has 128 valence electrons. The molecule has 5 nitrogen and oxygen atoms in total. The molecule has 0 saturated carbocycles. The maximum Gasteiger partial charge on any atom is 0.269 e. The van der Waals surface area contributed by atoms with Gasteiger partial charge in [-0.25, -0.2) is 0 Å². The van der Waals surface area contributed by atoms with Crippen LogP contribution in [0.4, 0.5) is 0 Å². The Bertz CT molecular complexity index is 1040. The average molecular weight is 394 g/mol. The Morgan fingerprint density at radius 3 is 2.52 bits per heavy atom. The SMILES string of the molecule is C[NH+](C)CCn1c(=C(C#N)C#N)s/c(=C/c2ccc(Cl)c(Cl)c2)c1=O. The van der Waals surface area contributed by atoms with E-state index in [-0.39, 0.29) is 11.1 Å². The molecule has 0 aliphatic rings. The third-order valence-corrected chi connectivity index (χ3v) is 5.29. The number of nitrogens with zero attached hydrogens (tertiary/aromatic N) is 3. The number of nitrogens with one attached hydrogen (secondary N) is 1. The third kappa shape index (κ3) is 4.50. The highest BCUT2D eigenvalue weighted by molar-refractivity contribution is 7.07. The Labute approximate surface area is 158 Å². The molecule has 1 heterocycles. The summed E-state index contributed by atoms with van der Waals surface area (Å²) in [6.45, 7) is 1.12. The number of hydrogen-bond donors (Lipinski definition) is 1. The smallest absolute Gasteiger partial charge is 0.269 e. The highest BCUT2D eigenvalue weighted by Crippen LogP contribution is 2.22. The van der Waals surface area contributed by atoms with Gasteiger partial charge in [-0.1, -0.05) is 29.3 Å². The van der Waals surface area contributed by atoms with Gasteiger partial charge >= 0.3 is 0 Å². The summed E-state index contributed by atoms with van der Waals surface area (Å²) in [4.78, 5) is 13.9. The van der Waals surface area contributed by atoms with Gasteiger partial charge in [0.2, 0.25) is 0 Å². The van der Waals surface area contributed by atoms with Crippen molar-refractivity contribution in [1.29, 1.82) is 10.5 Å². The van der Waals surface area contributed by atoms with Gasteiger partial charge in [-0.05, 0) is 23.8 Å². The highest BCUT2D eigenvalue weighted by Gasteiger charge is 2.10. The van der Waals surface area contributed by atoms with Crippen LogP contribution in [0.2, 0.25) is 10.0 Å². The van der Waals surface area contributed by atoms with Crippen LogP contribution in [0.15, 0.2) is 23.0 Å². The molecule has 1 N–H and O–H groups in total. The van der Waals surface area contributed by atoms with E-state index in [9.17, 15) is 15.3 Å².